The molecule has 1 amide bonds. The number of rotatable bonds is 5. The quantitative estimate of drug-likeness (QED) is 0.843. The fraction of sp³-hybridized carbons (Fsp3) is 0.800. The minimum absolute atomic E-state index is 0.0709. The predicted octanol–water partition coefficient (Wildman–Crippen LogP) is 1.47. The number of likely N-dealkylation sites (tertiary alicyclic amines) is 1. The lowest BCUT2D eigenvalue weighted by Crippen LogP contribution is -2.55. The number of methoxy groups -OCH3 is 1. The highest BCUT2D eigenvalue weighted by Crippen LogP contribution is 2.43. The summed E-state index contributed by atoms with van der Waals surface area (Å²) in [4.78, 5) is 19.4. The Kier molecular flexibility index (Phi) is 5.53. The van der Waals surface area contributed by atoms with E-state index >= 15 is 0 Å². The number of aryl methyl sites for hydroxylation is 1. The summed E-state index contributed by atoms with van der Waals surface area (Å²) in [5, 5.41) is 3.34. The lowest BCUT2D eigenvalue weighted by molar-refractivity contribution is -0.130. The van der Waals surface area contributed by atoms with Crippen molar-refractivity contribution in [2.24, 2.45) is 13.0 Å². The molecule has 7 nitrogen and oxygen atoms in total. The number of fused-ring (bicyclic) bond motifs is 1. The number of carbonyl (C=O) groups is 1. The van der Waals surface area contributed by atoms with Gasteiger partial charge in [0.15, 0.2) is 0 Å². The molecule has 1 N–H and O–H groups in total. The van der Waals surface area contributed by atoms with E-state index in [1.165, 1.54) is 5.69 Å². The second kappa shape index (κ2) is 7.89. The van der Waals surface area contributed by atoms with Crippen molar-refractivity contribution in [3.05, 3.63) is 18.2 Å². The van der Waals surface area contributed by atoms with Crippen LogP contribution in [-0.4, -0.2) is 64.9 Å². The van der Waals surface area contributed by atoms with Gasteiger partial charge in [-0.25, -0.2) is 4.98 Å². The van der Waals surface area contributed by atoms with Crippen molar-refractivity contribution in [3.8, 4) is 0 Å². The van der Waals surface area contributed by atoms with Crippen LogP contribution in [-0.2, 0) is 27.9 Å². The zero-order valence-corrected chi connectivity index (χ0v) is 16.5. The van der Waals surface area contributed by atoms with Gasteiger partial charge in [-0.15, -0.1) is 0 Å². The molecule has 27 heavy (non-hydrogen) atoms. The fourth-order valence-electron chi connectivity index (χ4n) is 5.13. The zero-order valence-electron chi connectivity index (χ0n) is 16.5. The number of nitrogens with zero attached hydrogens (tertiary/aromatic N) is 3. The van der Waals surface area contributed by atoms with Crippen molar-refractivity contribution < 1.29 is 14.3 Å². The van der Waals surface area contributed by atoms with Gasteiger partial charge in [0.05, 0.1) is 17.6 Å². The molecule has 3 atom stereocenters. The molecule has 1 aromatic rings. The molecule has 1 aliphatic carbocycles. The summed E-state index contributed by atoms with van der Waals surface area (Å²) in [6.07, 6.45) is 9.51. The first-order valence-electron chi connectivity index (χ1n) is 10.2. The van der Waals surface area contributed by atoms with Gasteiger partial charge >= 0.3 is 0 Å². The molecule has 1 aromatic heterocycles. The Morgan fingerprint density at radius 3 is 2.89 bits per heavy atom. The number of hydrogen-bond donors (Lipinski definition) is 1. The Balaban J connectivity index is 1.42. The number of amides is 1. The van der Waals surface area contributed by atoms with Gasteiger partial charge < -0.3 is 19.4 Å². The second-order valence-corrected chi connectivity index (χ2v) is 8.37. The van der Waals surface area contributed by atoms with Crippen molar-refractivity contribution in [3.63, 3.8) is 0 Å². The van der Waals surface area contributed by atoms with Crippen molar-refractivity contribution in [2.75, 3.05) is 26.9 Å². The Hall–Kier alpha value is -1.44. The largest absolute Gasteiger partial charge is 0.381 e. The lowest BCUT2D eigenvalue weighted by atomic mass is 9.78. The lowest BCUT2D eigenvalue weighted by Gasteiger charge is -2.44. The van der Waals surface area contributed by atoms with Crippen LogP contribution in [0.15, 0.2) is 12.5 Å². The summed E-state index contributed by atoms with van der Waals surface area (Å²) in [6.45, 7) is 3.32. The highest BCUT2D eigenvalue weighted by molar-refractivity contribution is 5.79. The molecule has 1 saturated carbocycles. The topological polar surface area (TPSA) is 68.6 Å². The third-order valence-electron chi connectivity index (χ3n) is 6.92. The Morgan fingerprint density at radius 1 is 1.37 bits per heavy atom. The van der Waals surface area contributed by atoms with Crippen LogP contribution in [0, 0.1) is 5.92 Å². The van der Waals surface area contributed by atoms with Gasteiger partial charge in [-0.3, -0.25) is 9.69 Å². The van der Waals surface area contributed by atoms with Gasteiger partial charge in [0.2, 0.25) is 5.91 Å². The first-order valence-corrected chi connectivity index (χ1v) is 10.2. The minimum Gasteiger partial charge on any atom is -0.381 e. The molecular weight excluding hydrogens is 344 g/mol. The number of hydrogen-bond acceptors (Lipinski definition) is 5. The predicted molar refractivity (Wildman–Crippen MR) is 101 cm³/mol. The number of carbonyl (C=O) groups excluding carboxylic acids is 1. The SMILES string of the molecule is CO[C@@]12CC[C@@H](NC(=O)C3CCOCC3)C[C@@H]1N(Cc1cncn1C)CC2. The van der Waals surface area contributed by atoms with Crippen LogP contribution in [0.25, 0.3) is 0 Å². The molecule has 0 radical (unpaired) electrons. The summed E-state index contributed by atoms with van der Waals surface area (Å²) in [6, 6.07) is 0.576. The Morgan fingerprint density at radius 2 is 2.19 bits per heavy atom. The molecule has 0 unspecified atom stereocenters. The Bertz CT molecular complexity index is 657. The molecule has 7 heteroatoms. The molecule has 4 rings (SSSR count). The van der Waals surface area contributed by atoms with Crippen molar-refractivity contribution in [1.29, 1.82) is 0 Å². The van der Waals surface area contributed by atoms with E-state index in [4.69, 9.17) is 9.47 Å². The number of aromatic nitrogens is 2. The molecule has 150 valence electrons. The highest BCUT2D eigenvalue weighted by atomic mass is 16.5. The molecule has 0 aromatic carbocycles. The van der Waals surface area contributed by atoms with E-state index in [1.807, 2.05) is 26.7 Å². The van der Waals surface area contributed by atoms with Crippen LogP contribution in [0.4, 0.5) is 0 Å². The van der Waals surface area contributed by atoms with E-state index in [2.05, 4.69) is 19.8 Å². The first-order chi connectivity index (χ1) is 13.1. The fourth-order valence-corrected chi connectivity index (χ4v) is 5.13. The summed E-state index contributed by atoms with van der Waals surface area (Å²) in [5.74, 6) is 0.325. The third kappa shape index (κ3) is 3.77. The van der Waals surface area contributed by atoms with Gasteiger partial charge in [-0.05, 0) is 38.5 Å². The van der Waals surface area contributed by atoms with Gasteiger partial charge in [-0.1, -0.05) is 0 Å². The van der Waals surface area contributed by atoms with Crippen molar-refractivity contribution in [1.82, 2.24) is 19.8 Å². The number of nitrogens with one attached hydrogen (secondary N) is 1. The van der Waals surface area contributed by atoms with Crippen LogP contribution in [0.1, 0.15) is 44.2 Å². The van der Waals surface area contributed by atoms with Crippen LogP contribution < -0.4 is 5.32 Å². The van der Waals surface area contributed by atoms with Crippen molar-refractivity contribution in [2.45, 2.75) is 62.8 Å². The Labute approximate surface area is 161 Å². The average molecular weight is 377 g/mol. The van der Waals surface area contributed by atoms with Gasteiger partial charge in [0.1, 0.15) is 0 Å². The molecular formula is C20H32N4O3. The summed E-state index contributed by atoms with van der Waals surface area (Å²) in [7, 11) is 3.89. The molecule has 0 bridgehead atoms. The van der Waals surface area contributed by atoms with Gasteiger partial charge in [0.25, 0.3) is 0 Å². The van der Waals surface area contributed by atoms with Gasteiger partial charge in [0, 0.05) is 64.7 Å². The minimum atomic E-state index is -0.0709. The van der Waals surface area contributed by atoms with E-state index < -0.39 is 0 Å². The van der Waals surface area contributed by atoms with E-state index in [-0.39, 0.29) is 23.5 Å². The van der Waals surface area contributed by atoms with Crippen LogP contribution in [0.3, 0.4) is 0 Å². The molecule has 3 aliphatic rings. The van der Waals surface area contributed by atoms with E-state index in [1.54, 1.807) is 0 Å². The van der Waals surface area contributed by atoms with Gasteiger partial charge in [-0.2, -0.15) is 0 Å². The molecule has 2 aliphatic heterocycles. The maximum absolute atomic E-state index is 12.7. The number of ether oxygens (including phenoxy) is 2. The second-order valence-electron chi connectivity index (χ2n) is 8.37. The van der Waals surface area contributed by atoms with E-state index in [9.17, 15) is 4.79 Å². The molecule has 3 fully saturated rings. The third-order valence-corrected chi connectivity index (χ3v) is 6.92. The van der Waals surface area contributed by atoms with Crippen molar-refractivity contribution >= 4 is 5.91 Å². The monoisotopic (exact) mass is 376 g/mol. The summed E-state index contributed by atoms with van der Waals surface area (Å²) < 4.78 is 13.5. The maximum atomic E-state index is 12.7. The molecule has 0 spiro atoms. The zero-order chi connectivity index (χ0) is 18.9. The highest BCUT2D eigenvalue weighted by Gasteiger charge is 2.51. The average Bonchev–Trinajstić information content (AvgIpc) is 3.27. The first kappa shape index (κ1) is 18.9. The normalized spacial score (nSPS) is 32.4. The maximum Gasteiger partial charge on any atom is 0.223 e. The van der Waals surface area contributed by atoms with Crippen LogP contribution in [0.5, 0.6) is 0 Å². The molecule has 2 saturated heterocycles. The number of imidazole rings is 1. The van der Waals surface area contributed by atoms with E-state index in [0.717, 1.165) is 51.6 Å². The smallest absolute Gasteiger partial charge is 0.223 e. The summed E-state index contributed by atoms with van der Waals surface area (Å²) in [5.41, 5.74) is 1.15. The van der Waals surface area contributed by atoms with Crippen LogP contribution in [0.2, 0.25) is 0 Å². The van der Waals surface area contributed by atoms with Crippen LogP contribution >= 0.6 is 0 Å². The standard InChI is InChI=1S/C20H32N4O3/c1-23-14-21-12-17(23)13-24-8-7-20(26-2)6-3-16(11-18(20)24)22-19(25)15-4-9-27-10-5-15/h12,14-16,18H,3-11,13H2,1-2H3,(H,22,25)/t16-,18+,20-/m1/s1. The van der Waals surface area contributed by atoms with E-state index in [0.29, 0.717) is 19.3 Å². The summed E-state index contributed by atoms with van der Waals surface area (Å²) >= 11 is 0. The molecule has 3 heterocycles.